The van der Waals surface area contributed by atoms with E-state index in [9.17, 15) is 17.8 Å². The summed E-state index contributed by atoms with van der Waals surface area (Å²) in [5.74, 6) is 0. The predicted octanol–water partition coefficient (Wildman–Crippen LogP) is -1.30. The fourth-order valence-electron chi connectivity index (χ4n) is 1.52. The van der Waals surface area contributed by atoms with Crippen LogP contribution in [0, 0.1) is 0 Å². The van der Waals surface area contributed by atoms with Gasteiger partial charge in [-0.1, -0.05) is 39.0 Å². The third-order valence-corrected chi connectivity index (χ3v) is 3.19. The van der Waals surface area contributed by atoms with Crippen LogP contribution in [0.25, 0.3) is 0 Å². The standard InChI is InChI=1S/C11H14O4S.Na/c1-11(2,3)9-6-4-5-8(7-12)10(9)16(13,14)15;/h4-7H,1-3H3,(H,13,14,15);/q;+1/p-1. The molecule has 0 atom stereocenters. The van der Waals surface area contributed by atoms with E-state index in [1.54, 1.807) is 32.9 Å². The molecule has 17 heavy (non-hydrogen) atoms. The molecule has 0 amide bonds. The first-order valence-electron chi connectivity index (χ1n) is 4.72. The van der Waals surface area contributed by atoms with Gasteiger partial charge in [0.15, 0.2) is 6.29 Å². The number of hydrogen-bond donors (Lipinski definition) is 0. The molecule has 0 saturated carbocycles. The molecule has 0 fully saturated rings. The predicted molar refractivity (Wildman–Crippen MR) is 58.5 cm³/mol. The van der Waals surface area contributed by atoms with Gasteiger partial charge >= 0.3 is 29.6 Å². The largest absolute Gasteiger partial charge is 1.00 e. The number of carbonyl (C=O) groups excluding carboxylic acids is 1. The summed E-state index contributed by atoms with van der Waals surface area (Å²) in [5, 5.41) is 0. The first-order chi connectivity index (χ1) is 7.18. The van der Waals surface area contributed by atoms with E-state index in [2.05, 4.69) is 0 Å². The third kappa shape index (κ3) is 3.89. The number of benzene rings is 1. The smallest absolute Gasteiger partial charge is 0.744 e. The van der Waals surface area contributed by atoms with Crippen LogP contribution in [-0.4, -0.2) is 19.3 Å². The zero-order chi connectivity index (χ0) is 12.6. The van der Waals surface area contributed by atoms with E-state index >= 15 is 0 Å². The van der Waals surface area contributed by atoms with E-state index in [0.717, 1.165) is 0 Å². The summed E-state index contributed by atoms with van der Waals surface area (Å²) in [6, 6.07) is 4.45. The molecule has 1 aromatic rings. The van der Waals surface area contributed by atoms with Crippen LogP contribution in [0.3, 0.4) is 0 Å². The number of carbonyl (C=O) groups is 1. The second-order valence-corrected chi connectivity index (χ2v) is 5.86. The van der Waals surface area contributed by atoms with Crippen molar-refractivity contribution in [2.75, 3.05) is 0 Å². The van der Waals surface area contributed by atoms with E-state index in [0.29, 0.717) is 11.8 Å². The van der Waals surface area contributed by atoms with Gasteiger partial charge in [0, 0.05) is 5.56 Å². The number of hydrogen-bond acceptors (Lipinski definition) is 4. The molecular weight excluding hydrogens is 251 g/mol. The Balaban J connectivity index is 0.00000256. The summed E-state index contributed by atoms with van der Waals surface area (Å²) in [6.45, 7) is 5.35. The van der Waals surface area contributed by atoms with Gasteiger partial charge in [0.25, 0.3) is 0 Å². The Kier molecular flexibility index (Phi) is 5.56. The van der Waals surface area contributed by atoms with Gasteiger partial charge in [-0.25, -0.2) is 8.42 Å². The van der Waals surface area contributed by atoms with Gasteiger partial charge in [-0.15, -0.1) is 0 Å². The fourth-order valence-corrected chi connectivity index (χ4v) is 2.57. The molecule has 1 rings (SSSR count). The third-order valence-electron chi connectivity index (χ3n) is 2.23. The van der Waals surface area contributed by atoms with Gasteiger partial charge < -0.3 is 4.55 Å². The average molecular weight is 264 g/mol. The molecule has 0 bridgehead atoms. The summed E-state index contributed by atoms with van der Waals surface area (Å²) in [4.78, 5) is 10.3. The molecule has 0 aliphatic carbocycles. The van der Waals surface area contributed by atoms with Gasteiger partial charge in [-0.3, -0.25) is 4.79 Å². The monoisotopic (exact) mass is 264 g/mol. The SMILES string of the molecule is CC(C)(C)c1cccc(C=O)c1S(=O)(=O)[O-].[Na+]. The Morgan fingerprint density at radius 1 is 1.24 bits per heavy atom. The van der Waals surface area contributed by atoms with Gasteiger partial charge in [-0.05, 0) is 11.0 Å². The zero-order valence-corrected chi connectivity index (χ0v) is 13.2. The van der Waals surface area contributed by atoms with Crippen LogP contribution in [0.15, 0.2) is 23.1 Å². The minimum absolute atomic E-state index is 0. The summed E-state index contributed by atoms with van der Waals surface area (Å²) < 4.78 is 33.5. The van der Waals surface area contributed by atoms with Gasteiger partial charge in [0.05, 0.1) is 4.90 Å². The molecule has 88 valence electrons. The van der Waals surface area contributed by atoms with Crippen LogP contribution < -0.4 is 29.6 Å². The van der Waals surface area contributed by atoms with Gasteiger partial charge in [0.1, 0.15) is 10.1 Å². The Morgan fingerprint density at radius 3 is 2.12 bits per heavy atom. The van der Waals surface area contributed by atoms with Crippen molar-refractivity contribution in [1.82, 2.24) is 0 Å². The molecule has 0 aliphatic heterocycles. The Bertz CT molecular complexity index is 515. The molecule has 0 aliphatic rings. The molecule has 4 nitrogen and oxygen atoms in total. The minimum atomic E-state index is -4.64. The van der Waals surface area contributed by atoms with Crippen molar-refractivity contribution < 1.29 is 47.3 Å². The summed E-state index contributed by atoms with van der Waals surface area (Å²) in [7, 11) is -4.64. The van der Waals surface area contributed by atoms with Gasteiger partial charge in [0.2, 0.25) is 0 Å². The van der Waals surface area contributed by atoms with Crippen LogP contribution in [0.2, 0.25) is 0 Å². The first kappa shape index (κ1) is 16.8. The summed E-state index contributed by atoms with van der Waals surface area (Å²) >= 11 is 0. The molecule has 0 saturated heterocycles. The second kappa shape index (κ2) is 5.63. The van der Waals surface area contributed by atoms with Crippen molar-refractivity contribution in [3.05, 3.63) is 29.3 Å². The normalized spacial score (nSPS) is 11.8. The second-order valence-electron chi connectivity index (χ2n) is 4.55. The topological polar surface area (TPSA) is 74.3 Å². The van der Waals surface area contributed by atoms with Crippen molar-refractivity contribution in [3.63, 3.8) is 0 Å². The van der Waals surface area contributed by atoms with E-state index in [1.165, 1.54) is 6.07 Å². The molecule has 0 aromatic heterocycles. The molecule has 6 heteroatoms. The summed E-state index contributed by atoms with van der Waals surface area (Å²) in [5.41, 5.74) is -0.222. The molecule has 0 radical (unpaired) electrons. The molecular formula is C11H13NaO4S. The van der Waals surface area contributed by atoms with E-state index < -0.39 is 20.4 Å². The molecule has 0 heterocycles. The number of aldehydes is 1. The number of rotatable bonds is 2. The van der Waals surface area contributed by atoms with Crippen molar-refractivity contribution >= 4 is 16.4 Å². The Labute approximate surface area is 123 Å². The Hall–Kier alpha value is -0.200. The minimum Gasteiger partial charge on any atom is -0.744 e. The Morgan fingerprint density at radius 2 is 1.76 bits per heavy atom. The maximum Gasteiger partial charge on any atom is 1.00 e. The maximum absolute atomic E-state index is 11.2. The summed E-state index contributed by atoms with van der Waals surface area (Å²) in [6.07, 6.45) is 0.389. The fraction of sp³-hybridized carbons (Fsp3) is 0.364. The van der Waals surface area contributed by atoms with Crippen LogP contribution in [0.1, 0.15) is 36.7 Å². The quantitative estimate of drug-likeness (QED) is 0.378. The van der Waals surface area contributed by atoms with Crippen molar-refractivity contribution in [2.24, 2.45) is 0 Å². The zero-order valence-electron chi connectivity index (χ0n) is 10.4. The first-order valence-corrected chi connectivity index (χ1v) is 6.13. The molecule has 1 aromatic carbocycles. The molecule has 0 unspecified atom stereocenters. The van der Waals surface area contributed by atoms with Crippen LogP contribution >= 0.6 is 0 Å². The van der Waals surface area contributed by atoms with Crippen LogP contribution in [0.5, 0.6) is 0 Å². The van der Waals surface area contributed by atoms with Crippen LogP contribution in [0.4, 0.5) is 0 Å². The van der Waals surface area contributed by atoms with E-state index in [4.69, 9.17) is 0 Å². The van der Waals surface area contributed by atoms with E-state index in [1.807, 2.05) is 0 Å². The molecule has 0 N–H and O–H groups in total. The average Bonchev–Trinajstić information content (AvgIpc) is 2.13. The van der Waals surface area contributed by atoms with Crippen molar-refractivity contribution in [1.29, 1.82) is 0 Å². The van der Waals surface area contributed by atoms with Crippen molar-refractivity contribution in [3.8, 4) is 0 Å². The molecule has 0 spiro atoms. The van der Waals surface area contributed by atoms with Gasteiger partial charge in [-0.2, -0.15) is 0 Å². The van der Waals surface area contributed by atoms with Crippen LogP contribution in [-0.2, 0) is 15.5 Å². The maximum atomic E-state index is 11.2. The van der Waals surface area contributed by atoms with E-state index in [-0.39, 0.29) is 35.1 Å². The van der Waals surface area contributed by atoms with Crippen molar-refractivity contribution in [2.45, 2.75) is 31.1 Å².